The maximum Gasteiger partial charge on any atom is 0.134 e. The Morgan fingerprint density at radius 1 is 1.10 bits per heavy atom. The zero-order valence-corrected chi connectivity index (χ0v) is 17.1. The number of para-hydroxylation sites is 1. The van der Waals surface area contributed by atoms with Gasteiger partial charge in [0.15, 0.2) is 0 Å². The van der Waals surface area contributed by atoms with E-state index in [4.69, 9.17) is 8.83 Å². The SMILES string of the molecule is Cc1cc(C)n(C[C@H](O)CN(Cc2ccco2)Cc2c(C)oc3ccccc23)n1. The summed E-state index contributed by atoms with van der Waals surface area (Å²) < 4.78 is 13.4. The molecular weight excluding hydrogens is 366 g/mol. The first-order chi connectivity index (χ1) is 14.0. The van der Waals surface area contributed by atoms with E-state index >= 15 is 0 Å². The lowest BCUT2D eigenvalue weighted by atomic mass is 10.1. The molecule has 4 rings (SSSR count). The molecule has 6 heteroatoms. The van der Waals surface area contributed by atoms with E-state index in [0.717, 1.165) is 39.4 Å². The molecule has 152 valence electrons. The number of nitrogens with zero attached hydrogens (tertiary/aromatic N) is 3. The normalized spacial score (nSPS) is 12.9. The van der Waals surface area contributed by atoms with Crippen LogP contribution in [0.4, 0.5) is 0 Å². The summed E-state index contributed by atoms with van der Waals surface area (Å²) in [5.41, 5.74) is 4.05. The Labute approximate surface area is 170 Å². The topological polar surface area (TPSA) is 67.6 Å². The molecule has 29 heavy (non-hydrogen) atoms. The summed E-state index contributed by atoms with van der Waals surface area (Å²) in [6.07, 6.45) is 1.12. The zero-order chi connectivity index (χ0) is 20.4. The van der Waals surface area contributed by atoms with Gasteiger partial charge in [-0.15, -0.1) is 0 Å². The van der Waals surface area contributed by atoms with Crippen molar-refractivity contribution in [3.8, 4) is 0 Å². The predicted octanol–water partition coefficient (Wildman–Crippen LogP) is 4.21. The summed E-state index contributed by atoms with van der Waals surface area (Å²) >= 11 is 0. The largest absolute Gasteiger partial charge is 0.468 e. The average molecular weight is 393 g/mol. The molecule has 4 aromatic rings. The molecule has 3 aromatic heterocycles. The van der Waals surface area contributed by atoms with Gasteiger partial charge in [0.1, 0.15) is 17.1 Å². The first-order valence-corrected chi connectivity index (χ1v) is 9.90. The highest BCUT2D eigenvalue weighted by Crippen LogP contribution is 2.27. The number of benzene rings is 1. The molecule has 0 unspecified atom stereocenters. The molecule has 3 heterocycles. The van der Waals surface area contributed by atoms with Crippen molar-refractivity contribution in [3.63, 3.8) is 0 Å². The number of furan rings is 2. The average Bonchev–Trinajstić information content (AvgIpc) is 3.36. The van der Waals surface area contributed by atoms with E-state index in [1.807, 2.05) is 61.9 Å². The highest BCUT2D eigenvalue weighted by atomic mass is 16.3. The van der Waals surface area contributed by atoms with Crippen LogP contribution >= 0.6 is 0 Å². The monoisotopic (exact) mass is 393 g/mol. The Balaban J connectivity index is 1.54. The van der Waals surface area contributed by atoms with Gasteiger partial charge in [0.25, 0.3) is 0 Å². The quantitative estimate of drug-likeness (QED) is 0.486. The van der Waals surface area contributed by atoms with Gasteiger partial charge >= 0.3 is 0 Å². The van der Waals surface area contributed by atoms with Crippen molar-refractivity contribution in [3.05, 3.63) is 77.2 Å². The number of rotatable bonds is 8. The fourth-order valence-corrected chi connectivity index (χ4v) is 3.86. The van der Waals surface area contributed by atoms with Crippen LogP contribution in [-0.2, 0) is 19.6 Å². The molecule has 0 saturated heterocycles. The molecule has 0 spiro atoms. The summed E-state index contributed by atoms with van der Waals surface area (Å²) in [4.78, 5) is 2.19. The smallest absolute Gasteiger partial charge is 0.134 e. The van der Waals surface area contributed by atoms with E-state index in [0.29, 0.717) is 26.2 Å². The number of hydrogen-bond acceptors (Lipinski definition) is 5. The highest BCUT2D eigenvalue weighted by molar-refractivity contribution is 5.82. The minimum atomic E-state index is -0.554. The Hall–Kier alpha value is -2.83. The van der Waals surface area contributed by atoms with Gasteiger partial charge in [-0.1, -0.05) is 18.2 Å². The number of fused-ring (bicyclic) bond motifs is 1. The standard InChI is InChI=1S/C23H27N3O3/c1-16-11-17(2)26(24-16)13-19(27)12-25(14-20-7-6-10-28-20)15-22-18(3)29-23-9-5-4-8-21(22)23/h4-11,19,27H,12-15H2,1-3H3/t19-/m1/s1. The third kappa shape index (κ3) is 4.44. The van der Waals surface area contributed by atoms with E-state index < -0.39 is 6.10 Å². The van der Waals surface area contributed by atoms with E-state index in [-0.39, 0.29) is 0 Å². The van der Waals surface area contributed by atoms with Gasteiger partial charge in [-0.2, -0.15) is 5.10 Å². The third-order valence-corrected chi connectivity index (χ3v) is 5.20. The predicted molar refractivity (Wildman–Crippen MR) is 111 cm³/mol. The van der Waals surface area contributed by atoms with Crippen molar-refractivity contribution in [2.24, 2.45) is 0 Å². The lowest BCUT2D eigenvalue weighted by molar-refractivity contribution is 0.0838. The van der Waals surface area contributed by atoms with Crippen LogP contribution in [-0.4, -0.2) is 32.4 Å². The van der Waals surface area contributed by atoms with Crippen LogP contribution in [0.15, 0.2) is 57.6 Å². The molecule has 6 nitrogen and oxygen atoms in total. The summed E-state index contributed by atoms with van der Waals surface area (Å²) in [5, 5.41) is 16.4. The van der Waals surface area contributed by atoms with Gasteiger partial charge in [-0.05, 0) is 45.0 Å². The van der Waals surface area contributed by atoms with E-state index in [1.165, 1.54) is 0 Å². The Kier molecular flexibility index (Phi) is 5.56. The molecule has 1 atom stereocenters. The van der Waals surface area contributed by atoms with Crippen LogP contribution < -0.4 is 0 Å². The maximum absolute atomic E-state index is 10.8. The number of hydrogen-bond donors (Lipinski definition) is 1. The van der Waals surface area contributed by atoms with Crippen molar-refractivity contribution in [2.75, 3.05) is 6.54 Å². The van der Waals surface area contributed by atoms with Crippen molar-refractivity contribution in [1.29, 1.82) is 0 Å². The van der Waals surface area contributed by atoms with Gasteiger partial charge in [-0.3, -0.25) is 9.58 Å². The Morgan fingerprint density at radius 2 is 1.93 bits per heavy atom. The minimum Gasteiger partial charge on any atom is -0.468 e. The zero-order valence-electron chi connectivity index (χ0n) is 17.1. The molecule has 0 amide bonds. The van der Waals surface area contributed by atoms with Crippen molar-refractivity contribution in [2.45, 2.75) is 46.5 Å². The molecule has 1 N–H and O–H groups in total. The molecule has 1 aromatic carbocycles. The molecule has 0 bridgehead atoms. The molecule has 0 saturated carbocycles. The number of aliphatic hydroxyl groups excluding tert-OH is 1. The first kappa shape index (κ1) is 19.5. The van der Waals surface area contributed by atoms with Gasteiger partial charge in [0.05, 0.1) is 31.2 Å². The van der Waals surface area contributed by atoms with Gasteiger partial charge in [-0.25, -0.2) is 0 Å². The van der Waals surface area contributed by atoms with Gasteiger partial charge in [0, 0.05) is 29.7 Å². The molecule has 0 radical (unpaired) electrons. The molecular formula is C23H27N3O3. The molecule has 0 aliphatic heterocycles. The number of aliphatic hydroxyl groups is 1. The second-order valence-electron chi connectivity index (χ2n) is 7.64. The van der Waals surface area contributed by atoms with Gasteiger partial charge in [0.2, 0.25) is 0 Å². The number of aromatic nitrogens is 2. The molecule has 0 fully saturated rings. The first-order valence-electron chi connectivity index (χ1n) is 9.90. The van der Waals surface area contributed by atoms with E-state index in [9.17, 15) is 5.11 Å². The maximum atomic E-state index is 10.8. The van der Waals surface area contributed by atoms with Crippen LogP contribution in [0.1, 0.15) is 28.5 Å². The van der Waals surface area contributed by atoms with E-state index in [1.54, 1.807) is 6.26 Å². The molecule has 0 aliphatic carbocycles. The Morgan fingerprint density at radius 3 is 2.66 bits per heavy atom. The summed E-state index contributed by atoms with van der Waals surface area (Å²) in [7, 11) is 0. The van der Waals surface area contributed by atoms with Crippen LogP contribution in [0.5, 0.6) is 0 Å². The van der Waals surface area contributed by atoms with E-state index in [2.05, 4.69) is 16.1 Å². The second-order valence-corrected chi connectivity index (χ2v) is 7.64. The summed E-state index contributed by atoms with van der Waals surface area (Å²) in [6, 6.07) is 13.9. The van der Waals surface area contributed by atoms with Crippen molar-refractivity contribution >= 4 is 11.0 Å². The third-order valence-electron chi connectivity index (χ3n) is 5.20. The second kappa shape index (κ2) is 8.27. The highest BCUT2D eigenvalue weighted by Gasteiger charge is 2.19. The van der Waals surface area contributed by atoms with Crippen LogP contribution in [0.3, 0.4) is 0 Å². The summed E-state index contributed by atoms with van der Waals surface area (Å²) in [5.74, 6) is 1.78. The van der Waals surface area contributed by atoms with Crippen LogP contribution in [0.25, 0.3) is 11.0 Å². The minimum absolute atomic E-state index is 0.458. The van der Waals surface area contributed by atoms with Crippen LogP contribution in [0, 0.1) is 20.8 Å². The summed E-state index contributed by atoms with van der Waals surface area (Å²) in [6.45, 7) is 8.20. The fraction of sp³-hybridized carbons (Fsp3) is 0.348. The lowest BCUT2D eigenvalue weighted by Crippen LogP contribution is -2.34. The van der Waals surface area contributed by atoms with Crippen LogP contribution in [0.2, 0.25) is 0 Å². The number of aryl methyl sites for hydroxylation is 3. The van der Waals surface area contributed by atoms with Gasteiger partial charge < -0.3 is 13.9 Å². The van der Waals surface area contributed by atoms with Crippen molar-refractivity contribution in [1.82, 2.24) is 14.7 Å². The lowest BCUT2D eigenvalue weighted by Gasteiger charge is -2.24. The molecule has 0 aliphatic rings. The fourth-order valence-electron chi connectivity index (χ4n) is 3.86. The Bertz CT molecular complexity index is 1080. The van der Waals surface area contributed by atoms with Crippen molar-refractivity contribution < 1.29 is 13.9 Å².